The first kappa shape index (κ1) is 11.7. The minimum Gasteiger partial charge on any atom is -0.357 e. The summed E-state index contributed by atoms with van der Waals surface area (Å²) in [6.45, 7) is 1.84. The molecule has 0 bridgehead atoms. The highest BCUT2D eigenvalue weighted by atomic mass is 32.1. The second-order valence-electron chi connectivity index (χ2n) is 4.89. The van der Waals surface area contributed by atoms with Gasteiger partial charge < -0.3 is 10.2 Å². The van der Waals surface area contributed by atoms with E-state index >= 15 is 0 Å². The molecule has 0 saturated carbocycles. The van der Waals surface area contributed by atoms with E-state index in [1.54, 1.807) is 11.3 Å². The van der Waals surface area contributed by atoms with E-state index in [9.17, 15) is 0 Å². The Balaban J connectivity index is 1.82. The molecule has 1 aliphatic heterocycles. The van der Waals surface area contributed by atoms with Crippen LogP contribution in [-0.4, -0.2) is 17.0 Å². The second-order valence-corrected chi connectivity index (χ2v) is 5.78. The normalized spacial score (nSPS) is 13.8. The van der Waals surface area contributed by atoms with Crippen LogP contribution < -0.4 is 10.2 Å². The highest BCUT2D eigenvalue weighted by Crippen LogP contribution is 2.34. The maximum Gasteiger partial charge on any atom is 0.225 e. The summed E-state index contributed by atoms with van der Waals surface area (Å²) in [5.74, 6) is 1.71. The monoisotopic (exact) mass is 282 g/mol. The van der Waals surface area contributed by atoms with Crippen molar-refractivity contribution in [1.82, 2.24) is 9.97 Å². The van der Waals surface area contributed by atoms with Crippen LogP contribution in [-0.2, 0) is 13.1 Å². The largest absolute Gasteiger partial charge is 0.357 e. The number of hydrogen-bond acceptors (Lipinski definition) is 5. The van der Waals surface area contributed by atoms with Crippen molar-refractivity contribution in [3.8, 4) is 0 Å². The fourth-order valence-corrected chi connectivity index (χ4v) is 3.43. The van der Waals surface area contributed by atoms with E-state index in [2.05, 4.69) is 55.9 Å². The molecule has 1 aromatic carbocycles. The molecule has 0 unspecified atom stereocenters. The molecule has 0 fully saturated rings. The molecule has 1 aliphatic rings. The van der Waals surface area contributed by atoms with Crippen LogP contribution >= 0.6 is 11.3 Å². The summed E-state index contributed by atoms with van der Waals surface area (Å²) in [5, 5.41) is 6.27. The van der Waals surface area contributed by atoms with Gasteiger partial charge in [0.1, 0.15) is 10.6 Å². The predicted octanol–water partition coefficient (Wildman–Crippen LogP) is 3.25. The van der Waals surface area contributed by atoms with Gasteiger partial charge in [-0.3, -0.25) is 0 Å². The Bertz CT molecular complexity index is 755. The van der Waals surface area contributed by atoms with Crippen molar-refractivity contribution in [1.29, 1.82) is 0 Å². The van der Waals surface area contributed by atoms with Crippen LogP contribution in [0.1, 0.15) is 11.1 Å². The first-order valence-corrected chi connectivity index (χ1v) is 7.48. The third-order valence-corrected chi connectivity index (χ3v) is 4.48. The van der Waals surface area contributed by atoms with Gasteiger partial charge in [-0.25, -0.2) is 4.98 Å². The maximum atomic E-state index is 4.67. The minimum absolute atomic E-state index is 0.686. The molecule has 0 aliphatic carbocycles. The number of hydrogen-bond donors (Lipinski definition) is 1. The zero-order valence-electron chi connectivity index (χ0n) is 11.1. The Labute approximate surface area is 121 Å². The number of nitrogens with zero attached hydrogens (tertiary/aromatic N) is 3. The van der Waals surface area contributed by atoms with Gasteiger partial charge in [-0.05, 0) is 22.6 Å². The Morgan fingerprint density at radius 2 is 1.85 bits per heavy atom. The maximum absolute atomic E-state index is 4.67. The van der Waals surface area contributed by atoms with Gasteiger partial charge in [-0.2, -0.15) is 4.98 Å². The van der Waals surface area contributed by atoms with Gasteiger partial charge in [0.15, 0.2) is 0 Å². The molecule has 0 amide bonds. The molecule has 0 radical (unpaired) electrons. The van der Waals surface area contributed by atoms with Crippen LogP contribution in [0.3, 0.4) is 0 Å². The van der Waals surface area contributed by atoms with Crippen LogP contribution in [0.2, 0.25) is 0 Å². The molecule has 2 aromatic heterocycles. The van der Waals surface area contributed by atoms with Gasteiger partial charge >= 0.3 is 0 Å². The van der Waals surface area contributed by atoms with Crippen molar-refractivity contribution >= 4 is 33.3 Å². The van der Waals surface area contributed by atoms with Crippen LogP contribution in [0.4, 0.5) is 11.8 Å². The van der Waals surface area contributed by atoms with Gasteiger partial charge in [0.25, 0.3) is 0 Å². The van der Waals surface area contributed by atoms with E-state index in [1.807, 2.05) is 7.05 Å². The number of nitrogens with one attached hydrogen (secondary N) is 1. The molecule has 5 heteroatoms. The Morgan fingerprint density at radius 3 is 2.55 bits per heavy atom. The van der Waals surface area contributed by atoms with Crippen molar-refractivity contribution in [2.45, 2.75) is 13.1 Å². The molecular formula is C15H14N4S. The zero-order chi connectivity index (χ0) is 13.5. The van der Waals surface area contributed by atoms with Crippen molar-refractivity contribution in [3.63, 3.8) is 0 Å². The SMILES string of the molecule is CNc1nc(N2Cc3ccccc3C2)c2ccsc2n1. The van der Waals surface area contributed by atoms with Gasteiger partial charge in [0.05, 0.1) is 5.39 Å². The van der Waals surface area contributed by atoms with Crippen molar-refractivity contribution < 1.29 is 0 Å². The smallest absolute Gasteiger partial charge is 0.225 e. The van der Waals surface area contributed by atoms with E-state index < -0.39 is 0 Å². The molecule has 0 atom stereocenters. The number of rotatable bonds is 2. The molecule has 4 nitrogen and oxygen atoms in total. The topological polar surface area (TPSA) is 41.1 Å². The Kier molecular flexibility index (Phi) is 2.60. The van der Waals surface area contributed by atoms with E-state index in [0.717, 1.165) is 29.1 Å². The van der Waals surface area contributed by atoms with Crippen molar-refractivity contribution in [2.75, 3.05) is 17.3 Å². The lowest BCUT2D eigenvalue weighted by atomic mass is 10.1. The van der Waals surface area contributed by atoms with E-state index in [1.165, 1.54) is 11.1 Å². The summed E-state index contributed by atoms with van der Waals surface area (Å²) < 4.78 is 0. The van der Waals surface area contributed by atoms with Crippen molar-refractivity contribution in [3.05, 3.63) is 46.8 Å². The Morgan fingerprint density at radius 1 is 1.10 bits per heavy atom. The van der Waals surface area contributed by atoms with E-state index in [-0.39, 0.29) is 0 Å². The first-order valence-electron chi connectivity index (χ1n) is 6.60. The average Bonchev–Trinajstić information content (AvgIpc) is 3.12. The zero-order valence-corrected chi connectivity index (χ0v) is 11.9. The number of fused-ring (bicyclic) bond motifs is 2. The molecule has 4 rings (SSSR count). The van der Waals surface area contributed by atoms with Gasteiger partial charge in [-0.1, -0.05) is 24.3 Å². The van der Waals surface area contributed by atoms with E-state index in [4.69, 9.17) is 0 Å². The minimum atomic E-state index is 0.686. The number of benzene rings is 1. The fraction of sp³-hybridized carbons (Fsp3) is 0.200. The summed E-state index contributed by atoms with van der Waals surface area (Å²) in [6.07, 6.45) is 0. The number of anilines is 2. The van der Waals surface area contributed by atoms with Crippen LogP contribution in [0, 0.1) is 0 Å². The lowest BCUT2D eigenvalue weighted by Gasteiger charge is -2.18. The summed E-state index contributed by atoms with van der Waals surface area (Å²) in [5.41, 5.74) is 2.78. The summed E-state index contributed by atoms with van der Waals surface area (Å²) in [7, 11) is 1.86. The average molecular weight is 282 g/mol. The highest BCUT2D eigenvalue weighted by molar-refractivity contribution is 7.16. The third kappa shape index (κ3) is 1.74. The van der Waals surface area contributed by atoms with Crippen LogP contribution in [0.15, 0.2) is 35.7 Å². The fourth-order valence-electron chi connectivity index (χ4n) is 2.68. The molecular weight excluding hydrogens is 268 g/mol. The molecule has 1 N–H and O–H groups in total. The Hall–Kier alpha value is -2.14. The molecule has 0 saturated heterocycles. The predicted molar refractivity (Wildman–Crippen MR) is 83.3 cm³/mol. The molecule has 100 valence electrons. The molecule has 20 heavy (non-hydrogen) atoms. The van der Waals surface area contributed by atoms with Gasteiger partial charge in [0.2, 0.25) is 5.95 Å². The molecule has 0 spiro atoms. The lowest BCUT2D eigenvalue weighted by Crippen LogP contribution is -2.17. The first-order chi connectivity index (χ1) is 9.85. The molecule has 3 aromatic rings. The van der Waals surface area contributed by atoms with Gasteiger partial charge in [0, 0.05) is 20.1 Å². The summed E-state index contributed by atoms with van der Waals surface area (Å²) >= 11 is 1.66. The third-order valence-electron chi connectivity index (χ3n) is 3.67. The highest BCUT2D eigenvalue weighted by Gasteiger charge is 2.22. The quantitative estimate of drug-likeness (QED) is 0.783. The number of aromatic nitrogens is 2. The number of thiophene rings is 1. The standard InChI is InChI=1S/C15H14N4S/c1-16-15-17-13(12-6-7-20-14(12)18-15)19-8-10-4-2-3-5-11(10)9-19/h2-7H,8-9H2,1H3,(H,16,17,18). The van der Waals surface area contributed by atoms with Crippen LogP contribution in [0.25, 0.3) is 10.2 Å². The van der Waals surface area contributed by atoms with E-state index in [0.29, 0.717) is 5.95 Å². The van der Waals surface area contributed by atoms with Crippen molar-refractivity contribution in [2.24, 2.45) is 0 Å². The second kappa shape index (κ2) is 4.45. The lowest BCUT2D eigenvalue weighted by molar-refractivity contribution is 0.861. The van der Waals surface area contributed by atoms with Crippen LogP contribution in [0.5, 0.6) is 0 Å². The summed E-state index contributed by atoms with van der Waals surface area (Å²) in [4.78, 5) is 12.5. The summed E-state index contributed by atoms with van der Waals surface area (Å²) in [6, 6.07) is 10.7. The van der Waals surface area contributed by atoms with Gasteiger partial charge in [-0.15, -0.1) is 11.3 Å². The molecule has 3 heterocycles.